The number of unbranched alkanes of at least 4 members (excludes halogenated alkanes) is 2. The van der Waals surface area contributed by atoms with Gasteiger partial charge in [0.15, 0.2) is 0 Å². The molecule has 1 atom stereocenters. The molecular weight excluding hydrogens is 568 g/mol. The topological polar surface area (TPSA) is 93.1 Å². The summed E-state index contributed by atoms with van der Waals surface area (Å²) in [5, 5.41) is 17.0. The maximum atomic E-state index is 15.1. The SMILES string of the molecule is C=C(C=O)CO.C=C(CO)C(=O)OCC(CCC1CCC(C(F)(F)C(F)(F)c2ccc(CCCCC)cc2)CC1)COC. The number of aliphatic hydroxyl groups is 2. The number of carbonyl (C=O) groups is 2. The maximum Gasteiger partial charge on any atom is 0.335 e. The van der Waals surface area contributed by atoms with Gasteiger partial charge in [0.05, 0.1) is 32.0 Å². The van der Waals surface area contributed by atoms with Crippen molar-refractivity contribution in [3.05, 3.63) is 59.7 Å². The van der Waals surface area contributed by atoms with Crippen LogP contribution in [-0.2, 0) is 31.4 Å². The predicted molar refractivity (Wildman–Crippen MR) is 158 cm³/mol. The molecule has 2 rings (SSSR count). The van der Waals surface area contributed by atoms with Gasteiger partial charge in [-0.1, -0.05) is 57.2 Å². The summed E-state index contributed by atoms with van der Waals surface area (Å²) < 4.78 is 70.5. The Labute approximate surface area is 253 Å². The van der Waals surface area contributed by atoms with Crippen molar-refractivity contribution in [2.45, 2.75) is 83.0 Å². The Bertz CT molecular complexity index is 988. The summed E-state index contributed by atoms with van der Waals surface area (Å²) in [7, 11) is 1.54. The number of hydrogen-bond donors (Lipinski definition) is 2. The van der Waals surface area contributed by atoms with Crippen LogP contribution in [0.5, 0.6) is 0 Å². The summed E-state index contributed by atoms with van der Waals surface area (Å²) in [4.78, 5) is 21.2. The number of esters is 1. The first-order chi connectivity index (χ1) is 20.4. The smallest absolute Gasteiger partial charge is 0.335 e. The molecule has 0 amide bonds. The van der Waals surface area contributed by atoms with Crippen molar-refractivity contribution in [3.8, 4) is 0 Å². The lowest BCUT2D eigenvalue weighted by molar-refractivity contribution is -0.249. The summed E-state index contributed by atoms with van der Waals surface area (Å²) in [5.74, 6) is -10.3. The third kappa shape index (κ3) is 12.5. The summed E-state index contributed by atoms with van der Waals surface area (Å²) in [6, 6.07) is 5.39. The molecule has 0 bridgehead atoms. The highest BCUT2D eigenvalue weighted by atomic mass is 19.3. The minimum Gasteiger partial charge on any atom is -0.462 e. The Morgan fingerprint density at radius 1 is 1.02 bits per heavy atom. The molecule has 1 aromatic carbocycles. The number of carbonyl (C=O) groups excluding carboxylic acids is 2. The molecule has 10 heteroatoms. The van der Waals surface area contributed by atoms with Crippen molar-refractivity contribution in [3.63, 3.8) is 0 Å². The first-order valence-corrected chi connectivity index (χ1v) is 14.9. The molecule has 43 heavy (non-hydrogen) atoms. The van der Waals surface area contributed by atoms with Crippen LogP contribution in [0.15, 0.2) is 48.6 Å². The van der Waals surface area contributed by atoms with Crippen LogP contribution in [0, 0.1) is 17.8 Å². The van der Waals surface area contributed by atoms with E-state index in [1.165, 1.54) is 7.11 Å². The number of rotatable bonds is 18. The molecule has 0 radical (unpaired) electrons. The second-order valence-corrected chi connectivity index (χ2v) is 11.3. The van der Waals surface area contributed by atoms with Gasteiger partial charge < -0.3 is 19.7 Å². The number of ether oxygens (including phenoxy) is 2. The molecule has 2 N–H and O–H groups in total. The number of methoxy groups -OCH3 is 1. The van der Waals surface area contributed by atoms with Crippen LogP contribution in [0.4, 0.5) is 17.6 Å². The molecule has 1 aliphatic carbocycles. The number of aryl methyl sites for hydroxylation is 1. The summed E-state index contributed by atoms with van der Waals surface area (Å²) >= 11 is 0. The Balaban J connectivity index is 0.00000139. The van der Waals surface area contributed by atoms with Gasteiger partial charge in [0, 0.05) is 30.1 Å². The van der Waals surface area contributed by atoms with Gasteiger partial charge >= 0.3 is 17.8 Å². The number of halogens is 4. The molecule has 0 saturated heterocycles. The van der Waals surface area contributed by atoms with Gasteiger partial charge in [-0.05, 0) is 62.8 Å². The lowest BCUT2D eigenvalue weighted by atomic mass is 9.74. The van der Waals surface area contributed by atoms with Crippen LogP contribution in [0.25, 0.3) is 0 Å². The number of alkyl halides is 4. The zero-order chi connectivity index (χ0) is 32.5. The first-order valence-electron chi connectivity index (χ1n) is 14.9. The van der Waals surface area contributed by atoms with Crippen LogP contribution >= 0.6 is 0 Å². The average molecular weight is 617 g/mol. The highest BCUT2D eigenvalue weighted by Gasteiger charge is 2.61. The standard InChI is InChI=1S/C29H42F4O4.C4H6O2/c1-4-5-6-7-22-10-14-25(15-11-22)28(30,31)29(32,33)26-16-12-23(13-17-26)8-9-24(19-36-3)20-37-27(35)21(2)18-34;1-4(2-5)3-6/h10-11,14-15,23-24,26,34H,2,4-9,12-13,16-20H2,1,3H3;2,6H,1,3H2. The predicted octanol–water partition coefficient (Wildman–Crippen LogP) is 6.82. The molecule has 0 aromatic heterocycles. The third-order valence-corrected chi connectivity index (χ3v) is 7.85. The molecular formula is C33H48F4O6. The van der Waals surface area contributed by atoms with Crippen molar-refractivity contribution in [1.29, 1.82) is 0 Å². The number of aliphatic hydroxyl groups excluding tert-OH is 2. The highest BCUT2D eigenvalue weighted by Crippen LogP contribution is 2.52. The van der Waals surface area contributed by atoms with Gasteiger partial charge in [-0.3, -0.25) is 4.79 Å². The fraction of sp³-hybridized carbons (Fsp3) is 0.636. The maximum absolute atomic E-state index is 15.1. The molecule has 1 fully saturated rings. The number of benzene rings is 1. The summed E-state index contributed by atoms with van der Waals surface area (Å²) in [5.41, 5.74) is 0.446. The minimum atomic E-state index is -4.22. The van der Waals surface area contributed by atoms with E-state index in [1.807, 2.05) is 0 Å². The molecule has 244 valence electrons. The van der Waals surface area contributed by atoms with Gasteiger partial charge in [0.25, 0.3) is 0 Å². The Morgan fingerprint density at radius 3 is 2.14 bits per heavy atom. The lowest BCUT2D eigenvalue weighted by Gasteiger charge is -2.38. The second kappa shape index (κ2) is 19.7. The summed E-state index contributed by atoms with van der Waals surface area (Å²) in [6.07, 6.45) is 6.68. The van der Waals surface area contributed by atoms with E-state index in [-0.39, 0.29) is 49.0 Å². The van der Waals surface area contributed by atoms with Gasteiger partial charge in [-0.2, -0.15) is 17.6 Å². The molecule has 0 aliphatic heterocycles. The fourth-order valence-corrected chi connectivity index (χ4v) is 5.04. The van der Waals surface area contributed by atoms with E-state index in [0.29, 0.717) is 38.6 Å². The van der Waals surface area contributed by atoms with Crippen LogP contribution in [-0.4, -0.2) is 61.9 Å². The number of hydrogen-bond acceptors (Lipinski definition) is 6. The van der Waals surface area contributed by atoms with Crippen LogP contribution in [0.3, 0.4) is 0 Å². The van der Waals surface area contributed by atoms with Gasteiger partial charge in [0.1, 0.15) is 6.29 Å². The van der Waals surface area contributed by atoms with Crippen molar-refractivity contribution in [2.24, 2.45) is 17.8 Å². The molecule has 6 nitrogen and oxygen atoms in total. The molecule has 1 aliphatic rings. The van der Waals surface area contributed by atoms with E-state index in [9.17, 15) is 18.4 Å². The van der Waals surface area contributed by atoms with Crippen molar-refractivity contribution in [2.75, 3.05) is 33.5 Å². The van der Waals surface area contributed by atoms with Gasteiger partial charge in [-0.25, -0.2) is 4.79 Å². The van der Waals surface area contributed by atoms with Crippen LogP contribution in [0.2, 0.25) is 0 Å². The van der Waals surface area contributed by atoms with E-state index >= 15 is 8.78 Å². The van der Waals surface area contributed by atoms with E-state index in [0.717, 1.165) is 43.4 Å². The molecule has 0 heterocycles. The van der Waals surface area contributed by atoms with E-state index in [1.54, 1.807) is 12.1 Å². The molecule has 0 spiro atoms. The Morgan fingerprint density at radius 2 is 1.65 bits per heavy atom. The normalized spacial score (nSPS) is 17.8. The molecule has 1 saturated carbocycles. The second-order valence-electron chi connectivity index (χ2n) is 11.3. The monoisotopic (exact) mass is 616 g/mol. The average Bonchev–Trinajstić information content (AvgIpc) is 3.02. The van der Waals surface area contributed by atoms with Crippen molar-refractivity contribution in [1.82, 2.24) is 0 Å². The Hall–Kier alpha value is -2.56. The van der Waals surface area contributed by atoms with Gasteiger partial charge in [-0.15, -0.1) is 0 Å². The van der Waals surface area contributed by atoms with Crippen LogP contribution in [0.1, 0.15) is 75.8 Å². The van der Waals surface area contributed by atoms with E-state index in [2.05, 4.69) is 20.1 Å². The van der Waals surface area contributed by atoms with Crippen molar-refractivity contribution >= 4 is 12.3 Å². The number of aldehydes is 1. The zero-order valence-corrected chi connectivity index (χ0v) is 25.5. The van der Waals surface area contributed by atoms with E-state index in [4.69, 9.17) is 19.7 Å². The zero-order valence-electron chi connectivity index (χ0n) is 25.5. The highest BCUT2D eigenvalue weighted by molar-refractivity contribution is 5.87. The van der Waals surface area contributed by atoms with Gasteiger partial charge in [0.2, 0.25) is 0 Å². The summed E-state index contributed by atoms with van der Waals surface area (Å²) in [6.45, 7) is 8.42. The van der Waals surface area contributed by atoms with Crippen molar-refractivity contribution < 1.29 is 46.8 Å². The first kappa shape index (κ1) is 38.5. The van der Waals surface area contributed by atoms with E-state index < -0.39 is 35.9 Å². The molecule has 1 unspecified atom stereocenters. The Kier molecular flexibility index (Phi) is 17.6. The van der Waals surface area contributed by atoms with Crippen LogP contribution < -0.4 is 0 Å². The fourth-order valence-electron chi connectivity index (χ4n) is 5.04. The minimum absolute atomic E-state index is 0.0323. The lowest BCUT2D eigenvalue weighted by Crippen LogP contribution is -2.45. The quantitative estimate of drug-likeness (QED) is 0.0618. The molecule has 1 aromatic rings. The third-order valence-electron chi connectivity index (χ3n) is 7.85. The largest absolute Gasteiger partial charge is 0.462 e.